The van der Waals surface area contributed by atoms with Crippen molar-refractivity contribution < 1.29 is 23.1 Å². The van der Waals surface area contributed by atoms with Gasteiger partial charge in [-0.1, -0.05) is 12.1 Å². The maximum absolute atomic E-state index is 13.6. The number of aromatic nitrogens is 2. The largest absolute Gasteiger partial charge is 0.450 e. The minimum atomic E-state index is -4.66. The summed E-state index contributed by atoms with van der Waals surface area (Å²) in [7, 11) is 0. The summed E-state index contributed by atoms with van der Waals surface area (Å²) >= 11 is 1.48. The van der Waals surface area contributed by atoms with Gasteiger partial charge in [0, 0.05) is 16.3 Å². The van der Waals surface area contributed by atoms with Gasteiger partial charge in [0.25, 0.3) is 0 Å². The minimum Gasteiger partial charge on any atom is -0.392 e. The minimum absolute atomic E-state index is 0.141. The van der Waals surface area contributed by atoms with E-state index in [0.717, 1.165) is 9.44 Å². The average Bonchev–Trinajstić information content (AvgIpc) is 3.35. The number of rotatable bonds is 5. The van der Waals surface area contributed by atoms with Gasteiger partial charge in [-0.05, 0) is 53.4 Å². The summed E-state index contributed by atoms with van der Waals surface area (Å²) in [4.78, 5) is 16.8. The molecule has 5 nitrogen and oxygen atoms in total. The number of thiophene rings is 1. The molecular formula is C21H16F3N3O2S. The van der Waals surface area contributed by atoms with Gasteiger partial charge in [0.1, 0.15) is 0 Å². The van der Waals surface area contributed by atoms with Crippen molar-refractivity contribution in [2.45, 2.75) is 19.2 Å². The number of nitrogens with zero attached hydrogens (tertiary/aromatic N) is 2. The number of benzene rings is 2. The topological polar surface area (TPSA) is 67.2 Å². The molecule has 0 aliphatic heterocycles. The summed E-state index contributed by atoms with van der Waals surface area (Å²) in [5.41, 5.74) is 1.64. The number of halogens is 3. The number of carbonyl (C=O) groups excluding carboxylic acids is 1. The first-order valence-corrected chi connectivity index (χ1v) is 9.85. The number of fused-ring (bicyclic) bond motifs is 1. The Balaban J connectivity index is 1.65. The lowest BCUT2D eigenvalue weighted by molar-refractivity contribution is -0.145. The number of imidazole rings is 1. The van der Waals surface area contributed by atoms with Crippen LogP contribution in [0.25, 0.3) is 16.7 Å². The van der Waals surface area contributed by atoms with Gasteiger partial charge in [-0.2, -0.15) is 13.2 Å². The number of amides is 1. The van der Waals surface area contributed by atoms with Crippen LogP contribution in [0.3, 0.4) is 0 Å². The molecule has 30 heavy (non-hydrogen) atoms. The van der Waals surface area contributed by atoms with E-state index in [2.05, 4.69) is 10.3 Å². The van der Waals surface area contributed by atoms with Gasteiger partial charge in [-0.15, -0.1) is 11.3 Å². The summed E-state index contributed by atoms with van der Waals surface area (Å²) in [6.45, 7) is -0.288. The van der Waals surface area contributed by atoms with E-state index in [1.165, 1.54) is 35.6 Å². The molecule has 0 aliphatic rings. The smallest absolute Gasteiger partial charge is 0.392 e. The Morgan fingerprint density at radius 2 is 1.90 bits per heavy atom. The maximum Gasteiger partial charge on any atom is 0.450 e. The van der Waals surface area contributed by atoms with Gasteiger partial charge >= 0.3 is 6.18 Å². The fourth-order valence-corrected chi connectivity index (χ4v) is 3.85. The molecule has 0 spiro atoms. The summed E-state index contributed by atoms with van der Waals surface area (Å²) in [6, 6.07) is 14.3. The summed E-state index contributed by atoms with van der Waals surface area (Å²) in [5, 5.41) is 13.9. The molecule has 2 N–H and O–H groups in total. The van der Waals surface area contributed by atoms with Gasteiger partial charge in [-0.25, -0.2) is 4.98 Å². The van der Waals surface area contributed by atoms with Crippen LogP contribution in [-0.2, 0) is 24.0 Å². The molecule has 0 fully saturated rings. The van der Waals surface area contributed by atoms with Crippen molar-refractivity contribution in [1.82, 2.24) is 9.55 Å². The summed E-state index contributed by atoms with van der Waals surface area (Å²) in [5.74, 6) is -1.26. The van der Waals surface area contributed by atoms with E-state index in [0.29, 0.717) is 11.3 Å². The highest BCUT2D eigenvalue weighted by molar-refractivity contribution is 7.10. The average molecular weight is 431 g/mol. The van der Waals surface area contributed by atoms with Crippen LogP contribution < -0.4 is 5.32 Å². The van der Waals surface area contributed by atoms with E-state index in [-0.39, 0.29) is 35.7 Å². The first kappa shape index (κ1) is 20.1. The Labute approximate surface area is 173 Å². The van der Waals surface area contributed by atoms with Gasteiger partial charge in [0.15, 0.2) is 0 Å². The molecule has 2 aromatic heterocycles. The molecular weight excluding hydrogens is 415 g/mol. The first-order valence-electron chi connectivity index (χ1n) is 8.97. The second kappa shape index (κ2) is 7.92. The Bertz CT molecular complexity index is 1180. The molecule has 2 heterocycles. The predicted octanol–water partition coefficient (Wildman–Crippen LogP) is 4.78. The molecule has 0 radical (unpaired) electrons. The Hall–Kier alpha value is -3.17. The fourth-order valence-electron chi connectivity index (χ4n) is 3.15. The number of anilines is 1. The van der Waals surface area contributed by atoms with E-state index in [1.54, 1.807) is 18.2 Å². The molecule has 154 valence electrons. The quantitative estimate of drug-likeness (QED) is 0.478. The van der Waals surface area contributed by atoms with Crippen LogP contribution in [0.15, 0.2) is 60.0 Å². The van der Waals surface area contributed by atoms with Crippen LogP contribution in [0, 0.1) is 0 Å². The van der Waals surface area contributed by atoms with Crippen molar-refractivity contribution in [3.63, 3.8) is 0 Å². The van der Waals surface area contributed by atoms with Crippen LogP contribution >= 0.6 is 11.3 Å². The SMILES string of the molecule is O=C(Cc1cccs1)Nc1ccc(-n2c(C(F)(F)F)nc3cc(CO)ccc32)cc1. The lowest BCUT2D eigenvalue weighted by Gasteiger charge is -2.12. The zero-order valence-corrected chi connectivity index (χ0v) is 16.3. The normalized spacial score (nSPS) is 11.7. The zero-order chi connectivity index (χ0) is 21.3. The lowest BCUT2D eigenvalue weighted by atomic mass is 10.2. The molecule has 0 saturated carbocycles. The van der Waals surface area contributed by atoms with Gasteiger partial charge in [0.2, 0.25) is 11.7 Å². The summed E-state index contributed by atoms with van der Waals surface area (Å²) in [6.07, 6.45) is -4.43. The third-order valence-corrected chi connectivity index (χ3v) is 5.36. The lowest BCUT2D eigenvalue weighted by Crippen LogP contribution is -2.15. The van der Waals surface area contributed by atoms with E-state index >= 15 is 0 Å². The predicted molar refractivity (Wildman–Crippen MR) is 109 cm³/mol. The van der Waals surface area contributed by atoms with Gasteiger partial charge < -0.3 is 10.4 Å². The van der Waals surface area contributed by atoms with Gasteiger partial charge in [0.05, 0.1) is 24.1 Å². The van der Waals surface area contributed by atoms with Crippen molar-refractivity contribution in [1.29, 1.82) is 0 Å². The number of nitrogens with one attached hydrogen (secondary N) is 1. The van der Waals surface area contributed by atoms with E-state index < -0.39 is 12.0 Å². The molecule has 0 unspecified atom stereocenters. The molecule has 9 heteroatoms. The number of hydrogen-bond donors (Lipinski definition) is 2. The molecule has 0 aliphatic carbocycles. The molecule has 4 aromatic rings. The number of hydrogen-bond acceptors (Lipinski definition) is 4. The Morgan fingerprint density at radius 1 is 1.13 bits per heavy atom. The van der Waals surface area contributed by atoms with Crippen molar-refractivity contribution in [3.8, 4) is 5.69 Å². The van der Waals surface area contributed by atoms with Crippen molar-refractivity contribution in [2.75, 3.05) is 5.32 Å². The second-order valence-electron chi connectivity index (χ2n) is 6.60. The number of aliphatic hydroxyl groups excluding tert-OH is 1. The van der Waals surface area contributed by atoms with Crippen LogP contribution in [-0.4, -0.2) is 20.6 Å². The standard InChI is InChI=1S/C21H16F3N3O2S/c22-21(23,24)20-26-17-10-13(12-28)3-8-18(17)27(20)15-6-4-14(5-7-15)25-19(29)11-16-2-1-9-30-16/h1-10,28H,11-12H2,(H,25,29). The first-order chi connectivity index (χ1) is 14.3. The van der Waals surface area contributed by atoms with Crippen molar-refractivity contribution in [3.05, 3.63) is 76.2 Å². The van der Waals surface area contributed by atoms with Crippen molar-refractivity contribution >= 4 is 34.0 Å². The third kappa shape index (κ3) is 4.07. The number of alkyl halides is 3. The molecule has 0 saturated heterocycles. The van der Waals surface area contributed by atoms with E-state index in [9.17, 15) is 23.1 Å². The Morgan fingerprint density at radius 3 is 2.53 bits per heavy atom. The van der Waals surface area contributed by atoms with Crippen molar-refractivity contribution in [2.24, 2.45) is 0 Å². The summed E-state index contributed by atoms with van der Waals surface area (Å²) < 4.78 is 41.8. The number of aliphatic hydroxyl groups is 1. The Kier molecular flexibility index (Phi) is 5.31. The molecule has 1 amide bonds. The van der Waals surface area contributed by atoms with E-state index in [1.807, 2.05) is 17.5 Å². The highest BCUT2D eigenvalue weighted by Crippen LogP contribution is 2.34. The van der Waals surface area contributed by atoms with E-state index in [4.69, 9.17) is 0 Å². The highest BCUT2D eigenvalue weighted by Gasteiger charge is 2.38. The van der Waals surface area contributed by atoms with Crippen LogP contribution in [0.4, 0.5) is 18.9 Å². The zero-order valence-electron chi connectivity index (χ0n) is 15.5. The third-order valence-electron chi connectivity index (χ3n) is 4.48. The van der Waals surface area contributed by atoms with Crippen LogP contribution in [0.5, 0.6) is 0 Å². The monoisotopic (exact) mass is 431 g/mol. The molecule has 0 atom stereocenters. The maximum atomic E-state index is 13.6. The van der Waals surface area contributed by atoms with Crippen LogP contribution in [0.1, 0.15) is 16.3 Å². The highest BCUT2D eigenvalue weighted by atomic mass is 32.1. The molecule has 2 aromatic carbocycles. The van der Waals surface area contributed by atoms with Crippen LogP contribution in [0.2, 0.25) is 0 Å². The molecule has 4 rings (SSSR count). The fraction of sp³-hybridized carbons (Fsp3) is 0.143. The van der Waals surface area contributed by atoms with Gasteiger partial charge in [-0.3, -0.25) is 9.36 Å². The number of carbonyl (C=O) groups is 1. The second-order valence-corrected chi connectivity index (χ2v) is 7.63. The molecule has 0 bridgehead atoms.